The Morgan fingerprint density at radius 1 is 1.27 bits per heavy atom. The molecule has 1 rings (SSSR count). The first kappa shape index (κ1) is 11.7. The smallest absolute Gasteiger partial charge is 0.238 e. The molecule has 0 atom stereocenters. The van der Waals surface area contributed by atoms with Gasteiger partial charge in [-0.05, 0) is 36.5 Å². The van der Waals surface area contributed by atoms with Gasteiger partial charge in [-0.3, -0.25) is 15.6 Å². The summed E-state index contributed by atoms with van der Waals surface area (Å²) < 4.78 is 0. The van der Waals surface area contributed by atoms with Crippen LogP contribution < -0.4 is 16.2 Å². The van der Waals surface area contributed by atoms with Crippen LogP contribution in [0.5, 0.6) is 0 Å². The van der Waals surface area contributed by atoms with Gasteiger partial charge in [0, 0.05) is 17.6 Å². The molecule has 0 unspecified atom stereocenters. The molecule has 1 aromatic carbocycles. The van der Waals surface area contributed by atoms with E-state index in [1.165, 1.54) is 0 Å². The number of hydrogen-bond donors (Lipinski definition) is 3. The van der Waals surface area contributed by atoms with Gasteiger partial charge in [-0.15, -0.1) is 0 Å². The molecule has 0 saturated heterocycles. The van der Waals surface area contributed by atoms with Crippen molar-refractivity contribution in [1.29, 1.82) is 0 Å². The Balaban J connectivity index is 2.44. The van der Waals surface area contributed by atoms with Crippen molar-refractivity contribution in [3.05, 3.63) is 36.2 Å². The molecule has 0 heterocycles. The molecule has 0 spiro atoms. The quantitative estimate of drug-likeness (QED) is 0.516. The fraction of sp³-hybridized carbons (Fsp3) is 0. The van der Waals surface area contributed by atoms with Gasteiger partial charge >= 0.3 is 0 Å². The van der Waals surface area contributed by atoms with Crippen LogP contribution >= 0.6 is 23.8 Å². The minimum atomic E-state index is -0.463. The van der Waals surface area contributed by atoms with Crippen molar-refractivity contribution in [2.45, 2.75) is 0 Å². The van der Waals surface area contributed by atoms with Crippen molar-refractivity contribution in [2.75, 3.05) is 5.32 Å². The molecule has 3 N–H and O–H groups in total. The van der Waals surface area contributed by atoms with Crippen LogP contribution in [0.3, 0.4) is 0 Å². The Hall–Kier alpha value is -1.33. The summed E-state index contributed by atoms with van der Waals surface area (Å²) in [7, 11) is 0. The highest BCUT2D eigenvalue weighted by molar-refractivity contribution is 7.80. The molecular weight excluding hydrogens is 234 g/mol. The van der Waals surface area contributed by atoms with E-state index in [9.17, 15) is 4.79 Å². The summed E-state index contributed by atoms with van der Waals surface area (Å²) in [6.07, 6.45) is 0. The monoisotopic (exact) mass is 242 g/mol. The van der Waals surface area contributed by atoms with Crippen LogP contribution in [0.15, 0.2) is 24.3 Å². The average molecular weight is 243 g/mol. The van der Waals surface area contributed by atoms with E-state index in [2.05, 4.69) is 23.1 Å². The van der Waals surface area contributed by atoms with Gasteiger partial charge in [0.25, 0.3) is 0 Å². The third kappa shape index (κ3) is 4.62. The average Bonchev–Trinajstić information content (AvgIpc) is 2.19. The molecule has 1 radical (unpaired) electrons. The van der Waals surface area contributed by atoms with Gasteiger partial charge in [-0.2, -0.15) is 0 Å². The Morgan fingerprint density at radius 3 is 2.40 bits per heavy atom. The van der Waals surface area contributed by atoms with Gasteiger partial charge < -0.3 is 5.32 Å². The molecule has 0 aliphatic rings. The number of halogens is 1. The topological polar surface area (TPSA) is 53.2 Å². The molecule has 0 saturated carbocycles. The normalized spacial score (nSPS) is 9.20. The Bertz CT molecular complexity index is 366. The van der Waals surface area contributed by atoms with E-state index < -0.39 is 5.91 Å². The van der Waals surface area contributed by atoms with Crippen LogP contribution in [0.4, 0.5) is 5.69 Å². The van der Waals surface area contributed by atoms with Crippen LogP contribution in [0.2, 0.25) is 5.02 Å². The number of hydrogen-bond acceptors (Lipinski definition) is 2. The molecular formula is C9H9ClN3OS. The maximum Gasteiger partial charge on any atom is 0.238 e. The van der Waals surface area contributed by atoms with E-state index in [0.29, 0.717) is 5.02 Å². The number of nitrogens with one attached hydrogen (secondary N) is 3. The molecule has 15 heavy (non-hydrogen) atoms. The second-order valence-corrected chi connectivity index (χ2v) is 3.48. The van der Waals surface area contributed by atoms with E-state index in [0.717, 1.165) is 5.69 Å². The first-order chi connectivity index (χ1) is 7.08. The number of benzene rings is 1. The summed E-state index contributed by atoms with van der Waals surface area (Å²) in [4.78, 5) is 10.5. The molecule has 0 bridgehead atoms. The number of anilines is 1. The predicted molar refractivity (Wildman–Crippen MR) is 64.3 cm³/mol. The summed E-state index contributed by atoms with van der Waals surface area (Å²) in [5.74, 6) is -0.463. The van der Waals surface area contributed by atoms with Crippen LogP contribution in [0.1, 0.15) is 0 Å². The SMILES string of the molecule is [CH2]C(=O)NNC(=S)Nc1ccc(Cl)cc1. The number of carbonyl (C=O) groups excluding carboxylic acids is 1. The van der Waals surface area contributed by atoms with E-state index in [-0.39, 0.29) is 5.11 Å². The van der Waals surface area contributed by atoms with Crippen molar-refractivity contribution in [2.24, 2.45) is 0 Å². The van der Waals surface area contributed by atoms with Crippen LogP contribution in [-0.2, 0) is 4.79 Å². The number of amides is 1. The number of thiocarbonyl (C=S) groups is 1. The number of rotatable bonds is 1. The zero-order chi connectivity index (χ0) is 11.3. The minimum absolute atomic E-state index is 0.273. The van der Waals surface area contributed by atoms with E-state index in [1.54, 1.807) is 24.3 Å². The number of carbonyl (C=O) groups is 1. The first-order valence-corrected chi connectivity index (χ1v) is 4.81. The minimum Gasteiger partial charge on any atom is -0.331 e. The summed E-state index contributed by atoms with van der Waals surface area (Å²) in [5.41, 5.74) is 5.49. The second-order valence-electron chi connectivity index (χ2n) is 2.63. The maximum atomic E-state index is 10.5. The van der Waals surface area contributed by atoms with E-state index in [1.807, 2.05) is 0 Å². The van der Waals surface area contributed by atoms with Gasteiger partial charge in [0.2, 0.25) is 5.91 Å². The largest absolute Gasteiger partial charge is 0.331 e. The van der Waals surface area contributed by atoms with Crippen molar-refractivity contribution < 1.29 is 4.79 Å². The molecule has 79 valence electrons. The lowest BCUT2D eigenvalue weighted by Crippen LogP contribution is -2.42. The van der Waals surface area contributed by atoms with Crippen molar-refractivity contribution >= 4 is 40.5 Å². The van der Waals surface area contributed by atoms with E-state index in [4.69, 9.17) is 23.8 Å². The molecule has 1 aromatic rings. The Morgan fingerprint density at radius 2 is 1.87 bits per heavy atom. The molecule has 0 aliphatic carbocycles. The molecule has 0 aliphatic heterocycles. The van der Waals surface area contributed by atoms with Gasteiger partial charge in [0.1, 0.15) is 0 Å². The highest BCUT2D eigenvalue weighted by Crippen LogP contribution is 2.12. The maximum absolute atomic E-state index is 10.5. The van der Waals surface area contributed by atoms with Gasteiger partial charge in [-0.1, -0.05) is 11.6 Å². The highest BCUT2D eigenvalue weighted by Gasteiger charge is 1.97. The van der Waals surface area contributed by atoms with Gasteiger partial charge in [-0.25, -0.2) is 0 Å². The van der Waals surface area contributed by atoms with E-state index >= 15 is 0 Å². The molecule has 0 aromatic heterocycles. The van der Waals surface area contributed by atoms with Crippen molar-refractivity contribution in [3.63, 3.8) is 0 Å². The van der Waals surface area contributed by atoms with Gasteiger partial charge in [0.05, 0.1) is 0 Å². The molecule has 6 heteroatoms. The van der Waals surface area contributed by atoms with Crippen molar-refractivity contribution in [3.8, 4) is 0 Å². The molecule has 0 fully saturated rings. The lowest BCUT2D eigenvalue weighted by Gasteiger charge is -2.09. The Labute approximate surface area is 98.0 Å². The first-order valence-electron chi connectivity index (χ1n) is 4.02. The summed E-state index contributed by atoms with van der Waals surface area (Å²) in [6, 6.07) is 6.99. The zero-order valence-corrected chi connectivity index (χ0v) is 9.28. The molecule has 4 nitrogen and oxygen atoms in total. The van der Waals surface area contributed by atoms with Crippen LogP contribution in [0, 0.1) is 6.92 Å². The third-order valence-electron chi connectivity index (χ3n) is 1.42. The second kappa shape index (κ2) is 5.53. The third-order valence-corrected chi connectivity index (χ3v) is 1.87. The lowest BCUT2D eigenvalue weighted by molar-refractivity contribution is -0.117. The summed E-state index contributed by atoms with van der Waals surface area (Å²) in [5, 5.41) is 3.76. The fourth-order valence-electron chi connectivity index (χ4n) is 0.822. The summed E-state index contributed by atoms with van der Waals surface area (Å²) in [6.45, 7) is 3.11. The van der Waals surface area contributed by atoms with Crippen LogP contribution in [-0.4, -0.2) is 11.0 Å². The Kier molecular flexibility index (Phi) is 4.33. The standard InChI is InChI=1S/C9H9ClN3OS/c1-6(14)12-13-9(15)11-8-4-2-7(10)3-5-8/h2-5H,1H2,(H,12,14)(H2,11,13,15). The number of hydrazine groups is 1. The fourth-order valence-corrected chi connectivity index (χ4v) is 1.12. The summed E-state index contributed by atoms with van der Waals surface area (Å²) >= 11 is 10.6. The van der Waals surface area contributed by atoms with Gasteiger partial charge in [0.15, 0.2) is 5.11 Å². The zero-order valence-electron chi connectivity index (χ0n) is 7.71. The predicted octanol–water partition coefficient (Wildman–Crippen LogP) is 1.49. The van der Waals surface area contributed by atoms with Crippen LogP contribution in [0.25, 0.3) is 0 Å². The lowest BCUT2D eigenvalue weighted by atomic mass is 10.3. The van der Waals surface area contributed by atoms with Crippen molar-refractivity contribution in [1.82, 2.24) is 10.9 Å². The molecule has 1 amide bonds. The highest BCUT2D eigenvalue weighted by atomic mass is 35.5.